The van der Waals surface area contributed by atoms with Crippen LogP contribution < -0.4 is 10.6 Å². The minimum absolute atomic E-state index is 0.466. The zero-order chi connectivity index (χ0) is 11.1. The maximum Gasteiger partial charge on any atom is 0.321 e. The highest BCUT2D eigenvalue weighted by Gasteiger charge is 2.23. The predicted molar refractivity (Wildman–Crippen MR) is 58.7 cm³/mol. The molecule has 1 saturated heterocycles. The Labute approximate surface area is 90.8 Å². The van der Waals surface area contributed by atoms with Gasteiger partial charge in [0, 0.05) is 39.3 Å². The van der Waals surface area contributed by atoms with E-state index >= 15 is 0 Å². The zero-order valence-electron chi connectivity index (χ0n) is 9.20. The van der Waals surface area contributed by atoms with E-state index in [4.69, 9.17) is 5.11 Å². The summed E-state index contributed by atoms with van der Waals surface area (Å²) in [7, 11) is 0. The maximum atomic E-state index is 11.0. The highest BCUT2D eigenvalue weighted by atomic mass is 16.4. The van der Waals surface area contributed by atoms with Gasteiger partial charge in [-0.25, -0.2) is 0 Å². The molecule has 1 aliphatic rings. The van der Waals surface area contributed by atoms with Crippen LogP contribution in [0.25, 0.3) is 0 Å². The molecule has 0 amide bonds. The van der Waals surface area contributed by atoms with E-state index < -0.39 is 12.0 Å². The van der Waals surface area contributed by atoms with E-state index in [1.165, 1.54) is 0 Å². The lowest BCUT2D eigenvalue weighted by atomic mass is 10.2. The van der Waals surface area contributed by atoms with Gasteiger partial charge in [-0.3, -0.25) is 9.69 Å². The van der Waals surface area contributed by atoms with Gasteiger partial charge in [0.15, 0.2) is 0 Å². The third-order valence-corrected chi connectivity index (χ3v) is 2.59. The number of aliphatic carboxylic acids is 1. The number of nitrogens with zero attached hydrogens (tertiary/aromatic N) is 1. The van der Waals surface area contributed by atoms with Crippen LogP contribution in [0.2, 0.25) is 0 Å². The van der Waals surface area contributed by atoms with E-state index in [-0.39, 0.29) is 0 Å². The molecule has 5 heteroatoms. The summed E-state index contributed by atoms with van der Waals surface area (Å²) < 4.78 is 0. The topological polar surface area (TPSA) is 64.6 Å². The molecule has 0 spiro atoms. The average Bonchev–Trinajstić information content (AvgIpc) is 2.32. The third kappa shape index (κ3) is 4.15. The molecule has 0 aromatic heterocycles. The van der Waals surface area contributed by atoms with Gasteiger partial charge in [0.05, 0.1) is 0 Å². The lowest BCUT2D eigenvalue weighted by molar-refractivity contribution is -0.141. The van der Waals surface area contributed by atoms with E-state index in [0.717, 1.165) is 39.3 Å². The second-order valence-electron chi connectivity index (χ2n) is 3.65. The smallest absolute Gasteiger partial charge is 0.321 e. The highest BCUT2D eigenvalue weighted by Crippen LogP contribution is 2.03. The largest absolute Gasteiger partial charge is 0.480 e. The Bertz CT molecular complexity index is 189. The van der Waals surface area contributed by atoms with E-state index in [9.17, 15) is 4.79 Å². The number of hydrogen-bond acceptors (Lipinski definition) is 4. The van der Waals surface area contributed by atoms with Crippen LogP contribution >= 0.6 is 0 Å². The first-order chi connectivity index (χ1) is 7.25. The Hall–Kier alpha value is -0.650. The van der Waals surface area contributed by atoms with Crippen molar-refractivity contribution in [2.45, 2.75) is 13.0 Å². The van der Waals surface area contributed by atoms with Crippen molar-refractivity contribution in [3.05, 3.63) is 6.42 Å². The predicted octanol–water partition coefficient (Wildman–Crippen LogP) is -0.841. The fourth-order valence-corrected chi connectivity index (χ4v) is 1.77. The summed E-state index contributed by atoms with van der Waals surface area (Å²) in [6, 6.07) is -0.466. The lowest BCUT2D eigenvalue weighted by Crippen LogP contribution is -2.45. The quantitative estimate of drug-likeness (QED) is 0.571. The molecule has 1 heterocycles. The van der Waals surface area contributed by atoms with Gasteiger partial charge in [-0.1, -0.05) is 6.92 Å². The van der Waals surface area contributed by atoms with Crippen molar-refractivity contribution < 1.29 is 9.90 Å². The summed E-state index contributed by atoms with van der Waals surface area (Å²) in [5.74, 6) is -0.767. The van der Waals surface area contributed by atoms with Crippen LogP contribution in [0.4, 0.5) is 0 Å². The van der Waals surface area contributed by atoms with E-state index in [1.807, 2.05) is 4.90 Å². The van der Waals surface area contributed by atoms with Gasteiger partial charge >= 0.3 is 5.97 Å². The molecule has 1 fully saturated rings. The lowest BCUT2D eigenvalue weighted by Gasteiger charge is -2.27. The van der Waals surface area contributed by atoms with Gasteiger partial charge in [-0.15, -0.1) is 0 Å². The second kappa shape index (κ2) is 6.76. The zero-order valence-corrected chi connectivity index (χ0v) is 9.20. The van der Waals surface area contributed by atoms with Gasteiger partial charge in [0.25, 0.3) is 0 Å². The van der Waals surface area contributed by atoms with Crippen LogP contribution in [-0.4, -0.2) is 61.3 Å². The van der Waals surface area contributed by atoms with Gasteiger partial charge in [0.2, 0.25) is 0 Å². The van der Waals surface area contributed by atoms with Crippen molar-refractivity contribution in [1.29, 1.82) is 0 Å². The minimum Gasteiger partial charge on any atom is -0.480 e. The molecule has 1 radical (unpaired) electrons. The maximum absolute atomic E-state index is 11.0. The molecule has 15 heavy (non-hydrogen) atoms. The summed E-state index contributed by atoms with van der Waals surface area (Å²) in [5.41, 5.74) is 0. The Kier molecular flexibility index (Phi) is 5.60. The first-order valence-corrected chi connectivity index (χ1v) is 5.43. The van der Waals surface area contributed by atoms with Gasteiger partial charge in [-0.2, -0.15) is 0 Å². The van der Waals surface area contributed by atoms with Crippen LogP contribution in [0.1, 0.15) is 6.92 Å². The molecular formula is C10H20N3O2. The monoisotopic (exact) mass is 214 g/mol. The van der Waals surface area contributed by atoms with Gasteiger partial charge in [0.1, 0.15) is 6.04 Å². The van der Waals surface area contributed by atoms with Crippen molar-refractivity contribution in [3.63, 3.8) is 0 Å². The molecule has 1 rings (SSSR count). The number of rotatable bonds is 3. The van der Waals surface area contributed by atoms with Crippen LogP contribution in [0.15, 0.2) is 0 Å². The SMILES string of the molecule is C[CH]C(C(=O)O)N1CCNCCNCC1. The normalized spacial score (nSPS) is 22.5. The van der Waals surface area contributed by atoms with Crippen LogP contribution in [0, 0.1) is 6.42 Å². The van der Waals surface area contributed by atoms with Crippen LogP contribution in [0.3, 0.4) is 0 Å². The van der Waals surface area contributed by atoms with E-state index in [0.29, 0.717) is 0 Å². The second-order valence-corrected chi connectivity index (χ2v) is 3.65. The average molecular weight is 214 g/mol. The molecule has 3 N–H and O–H groups in total. The minimum atomic E-state index is -0.767. The summed E-state index contributed by atoms with van der Waals surface area (Å²) in [6.07, 6.45) is 1.74. The molecule has 1 unspecified atom stereocenters. The first kappa shape index (κ1) is 12.4. The fourth-order valence-electron chi connectivity index (χ4n) is 1.77. The van der Waals surface area contributed by atoms with E-state index in [2.05, 4.69) is 10.6 Å². The molecule has 1 atom stereocenters. The standard InChI is InChI=1S/C10H20N3O2/c1-2-9(10(14)15)13-7-5-11-3-4-12-6-8-13/h2,9,11-12H,3-8H2,1H3,(H,14,15). The molecule has 0 aliphatic carbocycles. The number of carbonyl (C=O) groups is 1. The molecule has 0 aromatic rings. The highest BCUT2D eigenvalue weighted by molar-refractivity contribution is 5.75. The van der Waals surface area contributed by atoms with Crippen molar-refractivity contribution in [3.8, 4) is 0 Å². The third-order valence-electron chi connectivity index (χ3n) is 2.59. The first-order valence-electron chi connectivity index (χ1n) is 5.43. The summed E-state index contributed by atoms with van der Waals surface area (Å²) >= 11 is 0. The van der Waals surface area contributed by atoms with Crippen molar-refractivity contribution >= 4 is 5.97 Å². The number of hydrogen-bond donors (Lipinski definition) is 3. The van der Waals surface area contributed by atoms with Crippen molar-refractivity contribution in [2.24, 2.45) is 0 Å². The summed E-state index contributed by atoms with van der Waals surface area (Å²) in [5, 5.41) is 15.6. The Balaban J connectivity index is 2.50. The van der Waals surface area contributed by atoms with Gasteiger partial charge < -0.3 is 15.7 Å². The molecule has 1 aliphatic heterocycles. The molecule has 0 bridgehead atoms. The Morgan fingerprint density at radius 1 is 1.27 bits per heavy atom. The number of carboxylic acids is 1. The summed E-state index contributed by atoms with van der Waals surface area (Å²) in [4.78, 5) is 13.0. The van der Waals surface area contributed by atoms with Crippen LogP contribution in [0.5, 0.6) is 0 Å². The van der Waals surface area contributed by atoms with E-state index in [1.54, 1.807) is 13.3 Å². The molecular weight excluding hydrogens is 194 g/mol. The molecule has 0 saturated carbocycles. The summed E-state index contributed by atoms with van der Waals surface area (Å²) in [6.45, 7) is 6.94. The molecule has 87 valence electrons. The van der Waals surface area contributed by atoms with Gasteiger partial charge in [-0.05, 0) is 6.42 Å². The fraction of sp³-hybridized carbons (Fsp3) is 0.800. The number of carboxylic acid groups (broad SMARTS) is 1. The van der Waals surface area contributed by atoms with Crippen LogP contribution in [-0.2, 0) is 4.79 Å². The van der Waals surface area contributed by atoms with Crippen molar-refractivity contribution in [1.82, 2.24) is 15.5 Å². The molecule has 5 nitrogen and oxygen atoms in total. The van der Waals surface area contributed by atoms with Crippen molar-refractivity contribution in [2.75, 3.05) is 39.3 Å². The number of nitrogens with one attached hydrogen (secondary N) is 2. The molecule has 0 aromatic carbocycles. The Morgan fingerprint density at radius 3 is 2.20 bits per heavy atom. The Morgan fingerprint density at radius 2 is 1.80 bits per heavy atom.